The van der Waals surface area contributed by atoms with Crippen molar-refractivity contribution in [2.45, 2.75) is 39.0 Å². The summed E-state index contributed by atoms with van der Waals surface area (Å²) >= 11 is 0. The van der Waals surface area contributed by atoms with E-state index in [9.17, 15) is 36.6 Å². The van der Waals surface area contributed by atoms with Gasteiger partial charge in [-0.25, -0.2) is 27.7 Å². The fourth-order valence-corrected chi connectivity index (χ4v) is 4.22. The zero-order valence-electron chi connectivity index (χ0n) is 21.1. The summed E-state index contributed by atoms with van der Waals surface area (Å²) in [7, 11) is 0. The Kier molecular flexibility index (Phi) is 8.33. The second-order valence-corrected chi connectivity index (χ2v) is 9.16. The number of nitrogens with one attached hydrogen (secondary N) is 1. The van der Waals surface area contributed by atoms with E-state index in [0.717, 1.165) is 16.8 Å². The number of nitrogen functional groups attached to an aromatic ring is 1. The number of nitrogens with zero attached hydrogens (tertiary/aromatic N) is 3. The largest absolute Gasteiger partial charge is 0.490 e. The van der Waals surface area contributed by atoms with Gasteiger partial charge in [0.05, 0.1) is 16.6 Å². The van der Waals surface area contributed by atoms with Gasteiger partial charge >= 0.3 is 18.1 Å². The Hall–Kier alpha value is -4.34. The molecule has 1 aliphatic heterocycles. The van der Waals surface area contributed by atoms with Crippen LogP contribution in [0, 0.1) is 24.4 Å². The van der Waals surface area contributed by atoms with E-state index in [1.54, 1.807) is 11.8 Å². The highest BCUT2D eigenvalue weighted by Gasteiger charge is 2.38. The molecule has 0 radical (unpaired) electrons. The maximum atomic E-state index is 15.2. The number of anilines is 2. The van der Waals surface area contributed by atoms with Crippen LogP contribution in [0.3, 0.4) is 0 Å². The minimum Gasteiger partial charge on any atom is -0.477 e. The number of aliphatic carboxylic acids is 1. The van der Waals surface area contributed by atoms with Gasteiger partial charge in [0, 0.05) is 43.0 Å². The van der Waals surface area contributed by atoms with Crippen molar-refractivity contribution in [1.82, 2.24) is 14.9 Å². The standard InChI is InChI=1S/C22H22F3N5O3.C2HF3O2/c1-9(2)27-11-6-29(7-11)18-10(3)17-12(4-14(18)23)19(31)13(22(32)33)8-30(17)21-16(25)5-15(24)20(26)28-21;3-2(4,5)1(6)7/h4-5,8-9,11,27H,6-7H2,1-3H3,(H2,26,28)(H,32,33);(H,6,7). The quantitative estimate of drug-likeness (QED) is 0.336. The van der Waals surface area contributed by atoms with Crippen molar-refractivity contribution < 1.29 is 46.1 Å². The molecular weight excluding hydrogens is 552 g/mol. The summed E-state index contributed by atoms with van der Waals surface area (Å²) in [6.45, 7) is 6.56. The third kappa shape index (κ3) is 5.95. The molecule has 3 aromatic rings. The average Bonchev–Trinajstić information content (AvgIpc) is 2.79. The van der Waals surface area contributed by atoms with Crippen molar-refractivity contribution in [3.05, 3.63) is 57.1 Å². The lowest BCUT2D eigenvalue weighted by Gasteiger charge is -2.43. The molecule has 40 heavy (non-hydrogen) atoms. The zero-order chi connectivity index (χ0) is 30.3. The number of benzene rings is 1. The Bertz CT molecular complexity index is 1550. The first-order chi connectivity index (χ1) is 18.4. The third-order valence-electron chi connectivity index (χ3n) is 5.86. The average molecular weight is 575 g/mol. The number of carboxylic acids is 2. The third-order valence-corrected chi connectivity index (χ3v) is 5.86. The summed E-state index contributed by atoms with van der Waals surface area (Å²) in [6, 6.07) is 1.85. The fraction of sp³-hybridized carbons (Fsp3) is 0.333. The number of carboxylic acid groups (broad SMARTS) is 2. The Morgan fingerprint density at radius 1 is 1.10 bits per heavy atom. The van der Waals surface area contributed by atoms with Gasteiger partial charge in [-0.2, -0.15) is 13.2 Å². The second-order valence-electron chi connectivity index (χ2n) is 9.16. The number of pyridine rings is 2. The first-order valence-electron chi connectivity index (χ1n) is 11.5. The smallest absolute Gasteiger partial charge is 0.477 e. The van der Waals surface area contributed by atoms with Gasteiger partial charge in [-0.05, 0) is 13.0 Å². The van der Waals surface area contributed by atoms with Gasteiger partial charge in [0.15, 0.2) is 23.3 Å². The SMILES string of the molecule is Cc1c(N2CC(NC(C)C)C2)c(F)cc2c(=O)c(C(=O)O)cn(-c3nc(N)c(F)cc3F)c12.O=C(O)C(F)(F)F. The Balaban J connectivity index is 0.000000559. The molecule has 10 nitrogen and oxygen atoms in total. The molecule has 16 heteroatoms. The number of fused-ring (bicyclic) bond motifs is 1. The van der Waals surface area contributed by atoms with Crippen LogP contribution in [0.25, 0.3) is 16.7 Å². The molecule has 1 saturated heterocycles. The molecule has 0 bridgehead atoms. The molecule has 5 N–H and O–H groups in total. The van der Waals surface area contributed by atoms with E-state index in [-0.39, 0.29) is 34.2 Å². The molecule has 1 aliphatic rings. The molecule has 1 aromatic carbocycles. The van der Waals surface area contributed by atoms with Crippen molar-refractivity contribution in [3.63, 3.8) is 0 Å². The van der Waals surface area contributed by atoms with Crippen LogP contribution >= 0.6 is 0 Å². The molecule has 0 unspecified atom stereocenters. The molecule has 1 fully saturated rings. The van der Waals surface area contributed by atoms with Crippen molar-refractivity contribution in [2.75, 3.05) is 23.7 Å². The van der Waals surface area contributed by atoms with Crippen molar-refractivity contribution in [1.29, 1.82) is 0 Å². The molecule has 0 spiro atoms. The van der Waals surface area contributed by atoms with Gasteiger partial charge in [-0.3, -0.25) is 9.36 Å². The summed E-state index contributed by atoms with van der Waals surface area (Å²) in [5.74, 6) is -8.39. The van der Waals surface area contributed by atoms with Crippen molar-refractivity contribution in [3.8, 4) is 5.82 Å². The summed E-state index contributed by atoms with van der Waals surface area (Å²) in [5.41, 5.74) is 4.40. The Labute approximate surface area is 221 Å². The molecule has 2 aromatic heterocycles. The first-order valence-corrected chi connectivity index (χ1v) is 11.5. The number of nitrogens with two attached hydrogens (primary N) is 1. The lowest BCUT2D eigenvalue weighted by atomic mass is 10.00. The zero-order valence-corrected chi connectivity index (χ0v) is 21.1. The van der Waals surface area contributed by atoms with E-state index in [1.165, 1.54) is 0 Å². The van der Waals surface area contributed by atoms with E-state index in [2.05, 4.69) is 10.3 Å². The van der Waals surface area contributed by atoms with Gasteiger partial charge in [-0.15, -0.1) is 0 Å². The predicted octanol–water partition coefficient (Wildman–Crippen LogP) is 3.21. The highest BCUT2D eigenvalue weighted by atomic mass is 19.4. The van der Waals surface area contributed by atoms with Gasteiger partial charge in [-0.1, -0.05) is 13.8 Å². The van der Waals surface area contributed by atoms with Gasteiger partial charge in [0.1, 0.15) is 11.4 Å². The molecular formula is C24H23F6N5O5. The normalized spacial score (nSPS) is 13.7. The van der Waals surface area contributed by atoms with Crippen LogP contribution in [0.4, 0.5) is 37.8 Å². The van der Waals surface area contributed by atoms with E-state index in [1.807, 2.05) is 13.8 Å². The van der Waals surface area contributed by atoms with E-state index >= 15 is 4.39 Å². The van der Waals surface area contributed by atoms with E-state index in [0.29, 0.717) is 19.2 Å². The van der Waals surface area contributed by atoms with Crippen LogP contribution in [-0.4, -0.2) is 63.1 Å². The molecule has 0 saturated carbocycles. The van der Waals surface area contributed by atoms with Crippen LogP contribution in [0.15, 0.2) is 23.1 Å². The van der Waals surface area contributed by atoms with Crippen LogP contribution in [0.1, 0.15) is 29.8 Å². The Morgan fingerprint density at radius 2 is 1.68 bits per heavy atom. The minimum absolute atomic E-state index is 0.0547. The monoisotopic (exact) mass is 575 g/mol. The minimum atomic E-state index is -5.08. The van der Waals surface area contributed by atoms with Gasteiger partial charge in [0.25, 0.3) is 0 Å². The van der Waals surface area contributed by atoms with E-state index < -0.39 is 58.2 Å². The van der Waals surface area contributed by atoms with Crippen LogP contribution < -0.4 is 21.4 Å². The number of alkyl halides is 3. The number of rotatable bonds is 5. The number of aromatic nitrogens is 2. The van der Waals surface area contributed by atoms with Crippen LogP contribution in [-0.2, 0) is 4.79 Å². The summed E-state index contributed by atoms with van der Waals surface area (Å²) in [4.78, 5) is 38.9. The fourth-order valence-electron chi connectivity index (χ4n) is 4.22. The van der Waals surface area contributed by atoms with Gasteiger partial charge in [0.2, 0.25) is 5.43 Å². The van der Waals surface area contributed by atoms with Crippen molar-refractivity contribution in [2.24, 2.45) is 0 Å². The predicted molar refractivity (Wildman–Crippen MR) is 131 cm³/mol. The lowest BCUT2D eigenvalue weighted by Crippen LogP contribution is -2.60. The maximum absolute atomic E-state index is 15.2. The number of carbonyl (C=O) groups is 2. The molecule has 0 amide bonds. The highest BCUT2D eigenvalue weighted by Crippen LogP contribution is 2.34. The topological polar surface area (TPSA) is 151 Å². The molecule has 0 atom stereocenters. The van der Waals surface area contributed by atoms with E-state index in [4.69, 9.17) is 15.6 Å². The first kappa shape index (κ1) is 30.2. The van der Waals surface area contributed by atoms with Crippen molar-refractivity contribution >= 4 is 34.3 Å². The number of hydrogen-bond acceptors (Lipinski definition) is 7. The van der Waals surface area contributed by atoms with Gasteiger partial charge < -0.3 is 26.2 Å². The molecule has 216 valence electrons. The summed E-state index contributed by atoms with van der Waals surface area (Å²) in [6.07, 6.45) is -4.19. The highest BCUT2D eigenvalue weighted by molar-refractivity contribution is 5.96. The maximum Gasteiger partial charge on any atom is 0.490 e. The number of aryl methyl sites for hydroxylation is 1. The molecule has 0 aliphatic carbocycles. The number of aromatic carboxylic acids is 1. The lowest BCUT2D eigenvalue weighted by molar-refractivity contribution is -0.192. The molecule has 4 rings (SSSR count). The second kappa shape index (κ2) is 11.0. The van der Waals surface area contributed by atoms with Crippen LogP contribution in [0.2, 0.25) is 0 Å². The number of halogens is 6. The van der Waals surface area contributed by atoms with Crippen LogP contribution in [0.5, 0.6) is 0 Å². The Morgan fingerprint density at radius 3 is 2.17 bits per heavy atom. The summed E-state index contributed by atoms with van der Waals surface area (Å²) < 4.78 is 76.3. The summed E-state index contributed by atoms with van der Waals surface area (Å²) in [5, 5.41) is 19.7. The molecule has 3 heterocycles. The number of hydrogen-bond donors (Lipinski definition) is 4.